The Kier molecular flexibility index (Phi) is 4.00. The number of rotatable bonds is 3. The van der Waals surface area contributed by atoms with Gasteiger partial charge < -0.3 is 0 Å². The predicted molar refractivity (Wildman–Crippen MR) is 69.3 cm³/mol. The van der Waals surface area contributed by atoms with Crippen molar-refractivity contribution in [1.29, 1.82) is 0 Å². The van der Waals surface area contributed by atoms with Crippen LogP contribution in [0.25, 0.3) is 0 Å². The van der Waals surface area contributed by atoms with Crippen molar-refractivity contribution in [3.63, 3.8) is 0 Å². The van der Waals surface area contributed by atoms with Gasteiger partial charge in [0.15, 0.2) is 0 Å². The maximum absolute atomic E-state index is 2.53. The van der Waals surface area contributed by atoms with Crippen molar-refractivity contribution >= 4 is 0 Å². The number of benzene rings is 1. The lowest BCUT2D eigenvalue weighted by Crippen LogP contribution is -2.35. The van der Waals surface area contributed by atoms with Gasteiger partial charge in [-0.15, -0.1) is 0 Å². The van der Waals surface area contributed by atoms with Crippen molar-refractivity contribution in [3.05, 3.63) is 35.9 Å². The van der Waals surface area contributed by atoms with Crippen LogP contribution in [0.5, 0.6) is 0 Å². The Hall–Kier alpha value is -0.820. The second-order valence-electron chi connectivity index (χ2n) is 5.33. The standard InChI is InChI=1S/C15H23N/c1-13-7-6-10-15(11-13)16(2)12-14-8-4-3-5-9-14/h3-5,8-9,13,15H,6-7,10-12H2,1-2H3/t13-,15-/m0/s1. The average Bonchev–Trinajstić information content (AvgIpc) is 2.30. The van der Waals surface area contributed by atoms with Gasteiger partial charge in [-0.25, -0.2) is 0 Å². The monoisotopic (exact) mass is 217 g/mol. The van der Waals surface area contributed by atoms with E-state index in [1.807, 2.05) is 0 Å². The molecule has 1 aliphatic rings. The zero-order valence-electron chi connectivity index (χ0n) is 10.5. The molecule has 16 heavy (non-hydrogen) atoms. The van der Waals surface area contributed by atoms with E-state index in [0.717, 1.165) is 18.5 Å². The minimum absolute atomic E-state index is 0.795. The normalized spacial score (nSPS) is 25.9. The maximum Gasteiger partial charge on any atom is 0.0233 e. The molecule has 88 valence electrons. The molecular formula is C15H23N. The quantitative estimate of drug-likeness (QED) is 0.746. The van der Waals surface area contributed by atoms with Gasteiger partial charge >= 0.3 is 0 Å². The summed E-state index contributed by atoms with van der Waals surface area (Å²) in [5, 5.41) is 0. The summed E-state index contributed by atoms with van der Waals surface area (Å²) in [6.07, 6.45) is 5.59. The van der Waals surface area contributed by atoms with Gasteiger partial charge in [0.25, 0.3) is 0 Å². The molecule has 0 spiro atoms. The van der Waals surface area contributed by atoms with Crippen molar-refractivity contribution in [3.8, 4) is 0 Å². The van der Waals surface area contributed by atoms with Crippen LogP contribution in [0, 0.1) is 5.92 Å². The molecule has 0 unspecified atom stereocenters. The highest BCUT2D eigenvalue weighted by molar-refractivity contribution is 5.14. The summed E-state index contributed by atoms with van der Waals surface area (Å²) in [5.74, 6) is 0.914. The van der Waals surface area contributed by atoms with Crippen LogP contribution >= 0.6 is 0 Å². The largest absolute Gasteiger partial charge is 0.299 e. The van der Waals surface area contributed by atoms with E-state index >= 15 is 0 Å². The first-order chi connectivity index (χ1) is 7.75. The molecule has 0 saturated heterocycles. The Morgan fingerprint density at radius 1 is 1.19 bits per heavy atom. The van der Waals surface area contributed by atoms with E-state index in [2.05, 4.69) is 49.2 Å². The van der Waals surface area contributed by atoms with Crippen molar-refractivity contribution < 1.29 is 0 Å². The molecule has 1 aromatic carbocycles. The summed E-state index contributed by atoms with van der Waals surface area (Å²) in [7, 11) is 2.27. The molecule has 1 aliphatic carbocycles. The molecule has 0 amide bonds. The topological polar surface area (TPSA) is 3.24 Å². The van der Waals surface area contributed by atoms with Gasteiger partial charge in [0.05, 0.1) is 0 Å². The van der Waals surface area contributed by atoms with E-state index in [1.165, 1.54) is 31.2 Å². The highest BCUT2D eigenvalue weighted by atomic mass is 15.1. The fourth-order valence-electron chi connectivity index (χ4n) is 2.80. The molecule has 0 aliphatic heterocycles. The minimum atomic E-state index is 0.795. The zero-order valence-corrected chi connectivity index (χ0v) is 10.5. The van der Waals surface area contributed by atoms with Gasteiger partial charge in [-0.3, -0.25) is 4.90 Å². The molecule has 1 fully saturated rings. The molecule has 0 radical (unpaired) electrons. The van der Waals surface area contributed by atoms with E-state index in [1.54, 1.807) is 0 Å². The molecule has 0 heterocycles. The highest BCUT2D eigenvalue weighted by Gasteiger charge is 2.22. The lowest BCUT2D eigenvalue weighted by molar-refractivity contribution is 0.158. The van der Waals surface area contributed by atoms with Gasteiger partial charge in [-0.2, -0.15) is 0 Å². The van der Waals surface area contributed by atoms with Crippen molar-refractivity contribution in [2.75, 3.05) is 7.05 Å². The van der Waals surface area contributed by atoms with Crippen LogP contribution < -0.4 is 0 Å². The first kappa shape index (κ1) is 11.7. The summed E-state index contributed by atoms with van der Waals surface area (Å²) < 4.78 is 0. The van der Waals surface area contributed by atoms with Gasteiger partial charge in [0.1, 0.15) is 0 Å². The summed E-state index contributed by atoms with van der Waals surface area (Å²) in [6.45, 7) is 3.49. The van der Waals surface area contributed by atoms with Crippen molar-refractivity contribution in [1.82, 2.24) is 4.90 Å². The molecule has 2 rings (SSSR count). The molecule has 0 aromatic heterocycles. The number of hydrogen-bond acceptors (Lipinski definition) is 1. The summed E-state index contributed by atoms with van der Waals surface area (Å²) >= 11 is 0. The van der Waals surface area contributed by atoms with E-state index in [9.17, 15) is 0 Å². The maximum atomic E-state index is 2.53. The fourth-order valence-corrected chi connectivity index (χ4v) is 2.80. The van der Waals surface area contributed by atoms with E-state index in [0.29, 0.717) is 0 Å². The van der Waals surface area contributed by atoms with Gasteiger partial charge in [-0.1, -0.05) is 50.1 Å². The van der Waals surface area contributed by atoms with Crippen LogP contribution in [0.15, 0.2) is 30.3 Å². The Labute approximate surface area is 99.5 Å². The van der Waals surface area contributed by atoms with Crippen LogP contribution in [-0.4, -0.2) is 18.0 Å². The third-order valence-corrected chi connectivity index (χ3v) is 3.81. The Balaban J connectivity index is 1.90. The fraction of sp³-hybridized carbons (Fsp3) is 0.600. The highest BCUT2D eigenvalue weighted by Crippen LogP contribution is 2.27. The Morgan fingerprint density at radius 3 is 2.62 bits per heavy atom. The molecule has 2 atom stereocenters. The lowest BCUT2D eigenvalue weighted by atomic mass is 9.86. The molecular weight excluding hydrogens is 194 g/mol. The smallest absolute Gasteiger partial charge is 0.0233 e. The van der Waals surface area contributed by atoms with Crippen molar-refractivity contribution in [2.45, 2.75) is 45.2 Å². The van der Waals surface area contributed by atoms with Crippen LogP contribution in [0.3, 0.4) is 0 Å². The third kappa shape index (κ3) is 3.08. The predicted octanol–water partition coefficient (Wildman–Crippen LogP) is 3.70. The third-order valence-electron chi connectivity index (χ3n) is 3.81. The molecule has 1 nitrogen and oxygen atoms in total. The molecule has 1 saturated carbocycles. The van der Waals surface area contributed by atoms with Gasteiger partial charge in [-0.05, 0) is 31.4 Å². The van der Waals surface area contributed by atoms with Crippen molar-refractivity contribution in [2.24, 2.45) is 5.92 Å². The second-order valence-corrected chi connectivity index (χ2v) is 5.33. The summed E-state index contributed by atoms with van der Waals surface area (Å²) in [4.78, 5) is 2.53. The first-order valence-electron chi connectivity index (χ1n) is 6.50. The van der Waals surface area contributed by atoms with Gasteiger partial charge in [0, 0.05) is 12.6 Å². The number of hydrogen-bond donors (Lipinski definition) is 0. The zero-order chi connectivity index (χ0) is 11.4. The van der Waals surface area contributed by atoms with E-state index < -0.39 is 0 Å². The van der Waals surface area contributed by atoms with Gasteiger partial charge in [0.2, 0.25) is 0 Å². The SMILES string of the molecule is C[C@H]1CCC[C@H](N(C)Cc2ccccc2)C1. The molecule has 0 N–H and O–H groups in total. The Morgan fingerprint density at radius 2 is 1.94 bits per heavy atom. The molecule has 1 aromatic rings. The van der Waals surface area contributed by atoms with Crippen LogP contribution in [0.1, 0.15) is 38.2 Å². The lowest BCUT2D eigenvalue weighted by Gasteiger charge is -2.34. The first-order valence-corrected chi connectivity index (χ1v) is 6.50. The second kappa shape index (κ2) is 5.49. The van der Waals surface area contributed by atoms with Crippen LogP contribution in [0.2, 0.25) is 0 Å². The van der Waals surface area contributed by atoms with Crippen LogP contribution in [-0.2, 0) is 6.54 Å². The molecule has 0 bridgehead atoms. The van der Waals surface area contributed by atoms with Crippen LogP contribution in [0.4, 0.5) is 0 Å². The van der Waals surface area contributed by atoms with E-state index in [-0.39, 0.29) is 0 Å². The molecule has 1 heteroatoms. The minimum Gasteiger partial charge on any atom is -0.299 e. The van der Waals surface area contributed by atoms with E-state index in [4.69, 9.17) is 0 Å². The summed E-state index contributed by atoms with van der Waals surface area (Å²) in [6, 6.07) is 11.6. The number of nitrogens with zero attached hydrogens (tertiary/aromatic N) is 1. The summed E-state index contributed by atoms with van der Waals surface area (Å²) in [5.41, 5.74) is 1.43. The average molecular weight is 217 g/mol. The Bertz CT molecular complexity index is 306.